The van der Waals surface area contributed by atoms with Crippen molar-refractivity contribution in [3.63, 3.8) is 0 Å². The van der Waals surface area contributed by atoms with Gasteiger partial charge in [-0.25, -0.2) is 0 Å². The lowest BCUT2D eigenvalue weighted by molar-refractivity contribution is 0.0943. The van der Waals surface area contributed by atoms with Gasteiger partial charge in [0.2, 0.25) is 0 Å². The maximum Gasteiger partial charge on any atom is 0.252 e. The highest BCUT2D eigenvalue weighted by Gasteiger charge is 2.65. The number of aromatic nitrogens is 1. The van der Waals surface area contributed by atoms with Crippen LogP contribution in [0, 0.1) is 22.7 Å². The molecule has 1 aliphatic rings. The third-order valence-electron chi connectivity index (χ3n) is 4.82. The van der Waals surface area contributed by atoms with Gasteiger partial charge in [0.1, 0.15) is 0 Å². The minimum absolute atomic E-state index is 0.0131. The topological polar surface area (TPSA) is 62.2 Å². The number of rotatable bonds is 3. The van der Waals surface area contributed by atoms with Crippen molar-refractivity contribution in [2.45, 2.75) is 40.2 Å². The SMILES string of the molecule is CC1(C)C(NC(=O)c2ccncc2C#CCCO)C1(C)C. The Hall–Kier alpha value is -1.86. The fraction of sp³-hybridized carbons (Fsp3) is 0.529. The van der Waals surface area contributed by atoms with Crippen molar-refractivity contribution in [3.05, 3.63) is 29.6 Å². The summed E-state index contributed by atoms with van der Waals surface area (Å²) >= 11 is 0. The van der Waals surface area contributed by atoms with Crippen LogP contribution in [0.25, 0.3) is 0 Å². The van der Waals surface area contributed by atoms with Crippen molar-refractivity contribution in [2.75, 3.05) is 6.61 Å². The van der Waals surface area contributed by atoms with Crippen LogP contribution >= 0.6 is 0 Å². The molecular formula is C17H22N2O2. The highest BCUT2D eigenvalue weighted by atomic mass is 16.2. The predicted molar refractivity (Wildman–Crippen MR) is 81.6 cm³/mol. The van der Waals surface area contributed by atoms with Gasteiger partial charge in [0, 0.05) is 24.9 Å². The Kier molecular flexibility index (Phi) is 4.06. The summed E-state index contributed by atoms with van der Waals surface area (Å²) in [5.41, 5.74) is 1.32. The molecule has 0 spiro atoms. The van der Waals surface area contributed by atoms with Crippen molar-refractivity contribution in [3.8, 4) is 11.8 Å². The fourth-order valence-electron chi connectivity index (χ4n) is 2.67. The number of aliphatic hydroxyl groups excluding tert-OH is 1. The Bertz CT molecular complexity index is 595. The number of pyridine rings is 1. The Morgan fingerprint density at radius 3 is 2.62 bits per heavy atom. The minimum atomic E-state index is -0.116. The molecule has 2 rings (SSSR count). The maximum absolute atomic E-state index is 12.5. The van der Waals surface area contributed by atoms with E-state index in [0.29, 0.717) is 17.5 Å². The van der Waals surface area contributed by atoms with Gasteiger partial charge in [0.05, 0.1) is 17.7 Å². The number of carbonyl (C=O) groups excluding carboxylic acids is 1. The first kappa shape index (κ1) is 15.5. The number of nitrogens with one attached hydrogen (secondary N) is 1. The zero-order valence-electron chi connectivity index (χ0n) is 13.0. The molecule has 1 aliphatic carbocycles. The molecule has 21 heavy (non-hydrogen) atoms. The van der Waals surface area contributed by atoms with Crippen LogP contribution in [0.1, 0.15) is 50.0 Å². The van der Waals surface area contributed by atoms with Crippen molar-refractivity contribution >= 4 is 5.91 Å². The molecule has 0 aliphatic heterocycles. The van der Waals surface area contributed by atoms with Crippen LogP contribution in [-0.4, -0.2) is 28.6 Å². The number of nitrogens with zero attached hydrogens (tertiary/aromatic N) is 1. The Balaban J connectivity index is 2.16. The maximum atomic E-state index is 12.5. The molecule has 0 unspecified atom stereocenters. The summed E-state index contributed by atoms with van der Waals surface area (Å²) in [7, 11) is 0. The molecule has 0 saturated heterocycles. The summed E-state index contributed by atoms with van der Waals surface area (Å²) in [6, 6.07) is 1.84. The Labute approximate surface area is 126 Å². The van der Waals surface area contributed by atoms with Gasteiger partial charge in [-0.2, -0.15) is 0 Å². The molecule has 2 N–H and O–H groups in total. The largest absolute Gasteiger partial charge is 0.395 e. The van der Waals surface area contributed by atoms with Crippen LogP contribution in [0.15, 0.2) is 18.5 Å². The minimum Gasteiger partial charge on any atom is -0.395 e. The summed E-state index contributed by atoms with van der Waals surface area (Å²) in [5.74, 6) is 5.61. The number of hydrogen-bond acceptors (Lipinski definition) is 3. The van der Waals surface area contributed by atoms with E-state index < -0.39 is 0 Å². The standard InChI is InChI=1S/C17H22N2O2/c1-16(2)15(17(16,3)4)19-14(21)13-8-9-18-11-12(13)7-5-6-10-20/h8-9,11,15,20H,6,10H2,1-4H3,(H,19,21). The van der Waals surface area contributed by atoms with Gasteiger partial charge in [0.25, 0.3) is 5.91 Å². The fourth-order valence-corrected chi connectivity index (χ4v) is 2.67. The van der Waals surface area contributed by atoms with E-state index >= 15 is 0 Å². The number of aliphatic hydroxyl groups is 1. The first-order valence-corrected chi connectivity index (χ1v) is 7.17. The van der Waals surface area contributed by atoms with Gasteiger partial charge < -0.3 is 10.4 Å². The molecule has 0 atom stereocenters. The Morgan fingerprint density at radius 1 is 1.38 bits per heavy atom. The van der Waals surface area contributed by atoms with Gasteiger partial charge >= 0.3 is 0 Å². The highest BCUT2D eigenvalue weighted by Crippen LogP contribution is 2.62. The number of hydrogen-bond donors (Lipinski definition) is 2. The average Bonchev–Trinajstić information content (AvgIpc) is 2.82. The number of amides is 1. The molecular weight excluding hydrogens is 264 g/mol. The summed E-state index contributed by atoms with van der Waals surface area (Å²) < 4.78 is 0. The van der Waals surface area contributed by atoms with E-state index in [2.05, 4.69) is 49.8 Å². The van der Waals surface area contributed by atoms with E-state index in [1.807, 2.05) is 0 Å². The van der Waals surface area contributed by atoms with E-state index in [1.165, 1.54) is 0 Å². The highest BCUT2D eigenvalue weighted by molar-refractivity contribution is 5.97. The normalized spacial score (nSPS) is 18.5. The second kappa shape index (κ2) is 5.50. The molecule has 1 aromatic heterocycles. The summed E-state index contributed by atoms with van der Waals surface area (Å²) in [6.07, 6.45) is 3.57. The molecule has 1 saturated carbocycles. The Morgan fingerprint density at radius 2 is 2.05 bits per heavy atom. The van der Waals surface area contributed by atoms with Gasteiger partial charge in [-0.15, -0.1) is 0 Å². The second-order valence-electron chi connectivity index (χ2n) is 6.55. The summed E-state index contributed by atoms with van der Waals surface area (Å²) in [6.45, 7) is 8.65. The van der Waals surface area contributed by atoms with E-state index in [0.717, 1.165) is 0 Å². The van der Waals surface area contributed by atoms with Crippen LogP contribution < -0.4 is 5.32 Å². The van der Waals surface area contributed by atoms with E-state index in [1.54, 1.807) is 18.5 Å². The van der Waals surface area contributed by atoms with Crippen molar-refractivity contribution in [1.82, 2.24) is 10.3 Å². The van der Waals surface area contributed by atoms with E-state index in [-0.39, 0.29) is 29.4 Å². The third-order valence-corrected chi connectivity index (χ3v) is 4.82. The molecule has 0 bridgehead atoms. The van der Waals surface area contributed by atoms with Crippen LogP contribution in [0.4, 0.5) is 0 Å². The van der Waals surface area contributed by atoms with E-state index in [4.69, 9.17) is 5.11 Å². The lowest BCUT2D eigenvalue weighted by Crippen LogP contribution is -2.30. The lowest BCUT2D eigenvalue weighted by Gasteiger charge is -2.08. The second-order valence-corrected chi connectivity index (χ2v) is 6.55. The number of carbonyl (C=O) groups is 1. The van der Waals surface area contributed by atoms with Crippen LogP contribution in [0.5, 0.6) is 0 Å². The van der Waals surface area contributed by atoms with Crippen LogP contribution in [0.2, 0.25) is 0 Å². The first-order valence-electron chi connectivity index (χ1n) is 7.17. The zero-order valence-corrected chi connectivity index (χ0v) is 13.0. The molecule has 1 amide bonds. The molecule has 112 valence electrons. The quantitative estimate of drug-likeness (QED) is 0.835. The van der Waals surface area contributed by atoms with Crippen molar-refractivity contribution in [2.24, 2.45) is 10.8 Å². The van der Waals surface area contributed by atoms with Crippen molar-refractivity contribution < 1.29 is 9.90 Å². The van der Waals surface area contributed by atoms with Gasteiger partial charge in [-0.05, 0) is 16.9 Å². The smallest absolute Gasteiger partial charge is 0.252 e. The molecule has 1 aromatic rings. The van der Waals surface area contributed by atoms with Gasteiger partial charge in [-0.1, -0.05) is 39.5 Å². The van der Waals surface area contributed by atoms with Gasteiger partial charge in [-0.3, -0.25) is 9.78 Å². The van der Waals surface area contributed by atoms with Crippen LogP contribution in [0.3, 0.4) is 0 Å². The molecule has 1 heterocycles. The monoisotopic (exact) mass is 286 g/mol. The molecule has 1 fully saturated rings. The van der Waals surface area contributed by atoms with Gasteiger partial charge in [0.15, 0.2) is 0 Å². The molecule has 4 heteroatoms. The van der Waals surface area contributed by atoms with E-state index in [9.17, 15) is 4.79 Å². The van der Waals surface area contributed by atoms with Crippen molar-refractivity contribution in [1.29, 1.82) is 0 Å². The average molecular weight is 286 g/mol. The summed E-state index contributed by atoms with van der Waals surface area (Å²) in [4.78, 5) is 16.5. The molecule has 0 radical (unpaired) electrons. The van der Waals surface area contributed by atoms with Crippen LogP contribution in [-0.2, 0) is 0 Å². The predicted octanol–water partition coefficient (Wildman–Crippen LogP) is 1.98. The molecule has 0 aromatic carbocycles. The lowest BCUT2D eigenvalue weighted by atomic mass is 10.0. The molecule has 4 nitrogen and oxygen atoms in total. The third kappa shape index (κ3) is 2.79. The first-order chi connectivity index (χ1) is 9.82. The zero-order chi connectivity index (χ0) is 15.7. The summed E-state index contributed by atoms with van der Waals surface area (Å²) in [5, 5.41) is 11.9.